The molecule has 65 heavy (non-hydrogen) atoms. The summed E-state index contributed by atoms with van der Waals surface area (Å²) in [7, 11) is 4.26. The molecule has 2 heterocycles. The Morgan fingerprint density at radius 2 is 1.05 bits per heavy atom. The van der Waals surface area contributed by atoms with E-state index in [4.69, 9.17) is 15.6 Å². The smallest absolute Gasteiger partial charge is 0.317 e. The van der Waals surface area contributed by atoms with E-state index in [0.717, 1.165) is 62.4 Å². The summed E-state index contributed by atoms with van der Waals surface area (Å²) in [6.45, 7) is 8.83. The van der Waals surface area contributed by atoms with E-state index in [9.17, 15) is 33.7 Å². The minimum atomic E-state index is -0.847. The second kappa shape index (κ2) is 21.2. The lowest BCUT2D eigenvalue weighted by molar-refractivity contribution is -0.140. The summed E-state index contributed by atoms with van der Waals surface area (Å²) in [5.74, 6) is -2.02. The van der Waals surface area contributed by atoms with Crippen molar-refractivity contribution in [1.82, 2.24) is 25.8 Å². The van der Waals surface area contributed by atoms with Crippen LogP contribution in [0.3, 0.4) is 0 Å². The van der Waals surface area contributed by atoms with Crippen molar-refractivity contribution in [3.63, 3.8) is 0 Å². The average molecular weight is 901 g/mol. The number of carbonyl (C=O) groups excluding carboxylic acids is 1. The molecular formula is C50H66F2N6O7. The van der Waals surface area contributed by atoms with E-state index in [1.54, 1.807) is 36.4 Å². The Balaban J connectivity index is 0.000000223. The van der Waals surface area contributed by atoms with Gasteiger partial charge in [-0.25, -0.2) is 8.78 Å². The van der Waals surface area contributed by atoms with Gasteiger partial charge in [-0.1, -0.05) is 50.2 Å². The number of carboxylic acid groups (broad SMARTS) is 2. The molecule has 4 aromatic carbocycles. The van der Waals surface area contributed by atoms with Gasteiger partial charge in [-0.05, 0) is 148 Å². The van der Waals surface area contributed by atoms with Crippen LogP contribution in [0.1, 0.15) is 67.0 Å². The Kier molecular flexibility index (Phi) is 16.5. The topological polar surface area (TPSA) is 206 Å². The molecule has 9 N–H and O–H groups in total. The Bertz CT molecular complexity index is 2130. The number of hydrogen-bond donors (Lipinski definition) is 6. The van der Waals surface area contributed by atoms with E-state index < -0.39 is 11.9 Å². The number of aromatic hydroxyl groups is 2. The fraction of sp³-hybridized carbons (Fsp3) is 0.460. The summed E-state index contributed by atoms with van der Waals surface area (Å²) in [4.78, 5) is 41.8. The number of nitrogens with zero attached hydrogens (tertiary/aromatic N) is 4. The number of carboxylic acids is 2. The Hall–Kier alpha value is -5.45. The predicted octanol–water partition coefficient (Wildman–Crippen LogP) is 5.75. The van der Waals surface area contributed by atoms with Crippen molar-refractivity contribution in [1.29, 1.82) is 0 Å². The molecule has 0 unspecified atom stereocenters. The molecule has 6 atom stereocenters. The largest absolute Gasteiger partial charge is 0.508 e. The first-order valence-corrected chi connectivity index (χ1v) is 22.0. The zero-order valence-corrected chi connectivity index (χ0v) is 38.2. The summed E-state index contributed by atoms with van der Waals surface area (Å²) in [5, 5.41) is 37.4. The van der Waals surface area contributed by atoms with Crippen molar-refractivity contribution in [3.8, 4) is 11.5 Å². The molecule has 1 amide bonds. The van der Waals surface area contributed by atoms with E-state index >= 15 is 0 Å². The third-order valence-electron chi connectivity index (χ3n) is 14.1. The lowest BCUT2D eigenvalue weighted by Crippen LogP contribution is -2.68. The lowest BCUT2D eigenvalue weighted by Gasteiger charge is -2.58. The van der Waals surface area contributed by atoms with E-state index in [0.29, 0.717) is 25.9 Å². The number of primary amides is 1. The van der Waals surface area contributed by atoms with Crippen LogP contribution in [0.2, 0.25) is 0 Å². The highest BCUT2D eigenvalue weighted by Gasteiger charge is 2.54. The first-order valence-electron chi connectivity index (χ1n) is 22.0. The SMILES string of the molecule is CC(=O)O.CN1CC[C@]2(C)c3cc(O)ccc3C[C@@H]1[C@@H]2N(CCc1ccc(F)cc1)CC(=O)O.CN1CC[C@]2(C)c3cc(O)ccc3C[C@@H]1[C@@H]2N(CCc1ccc(F)cc1)CC(N)=O.N. The van der Waals surface area contributed by atoms with Crippen molar-refractivity contribution in [3.05, 3.63) is 130 Å². The molecule has 4 aliphatic rings. The monoisotopic (exact) mass is 900 g/mol. The molecule has 2 fully saturated rings. The van der Waals surface area contributed by atoms with Crippen LogP contribution in [0.15, 0.2) is 84.9 Å². The lowest BCUT2D eigenvalue weighted by atomic mass is 9.61. The molecule has 4 aromatic rings. The number of likely N-dealkylation sites (N-methyl/N-ethyl adjacent to an activating group) is 2. The molecule has 15 heteroatoms. The molecular weight excluding hydrogens is 835 g/mol. The molecule has 2 aliphatic heterocycles. The number of carbonyl (C=O) groups is 3. The Labute approximate surface area is 381 Å². The van der Waals surface area contributed by atoms with Crippen molar-refractivity contribution in [2.24, 2.45) is 5.73 Å². The van der Waals surface area contributed by atoms with Crippen LogP contribution in [0.4, 0.5) is 8.78 Å². The van der Waals surface area contributed by atoms with Gasteiger partial charge in [0.2, 0.25) is 5.91 Å². The fourth-order valence-corrected chi connectivity index (χ4v) is 11.0. The molecule has 4 bridgehead atoms. The van der Waals surface area contributed by atoms with E-state index in [2.05, 4.69) is 47.5 Å². The van der Waals surface area contributed by atoms with Gasteiger partial charge >= 0.3 is 5.97 Å². The Morgan fingerprint density at radius 1 is 0.677 bits per heavy atom. The highest BCUT2D eigenvalue weighted by atomic mass is 19.1. The minimum Gasteiger partial charge on any atom is -0.508 e. The first kappa shape index (κ1) is 50.5. The molecule has 0 spiro atoms. The van der Waals surface area contributed by atoms with Crippen LogP contribution in [0, 0.1) is 11.6 Å². The van der Waals surface area contributed by atoms with E-state index in [1.807, 2.05) is 24.3 Å². The summed E-state index contributed by atoms with van der Waals surface area (Å²) in [6, 6.07) is 24.8. The predicted molar refractivity (Wildman–Crippen MR) is 246 cm³/mol. The fourth-order valence-electron chi connectivity index (χ4n) is 11.0. The third kappa shape index (κ3) is 11.7. The number of phenols is 2. The maximum absolute atomic E-state index is 13.3. The van der Waals surface area contributed by atoms with Crippen LogP contribution >= 0.6 is 0 Å². The number of likely N-dealkylation sites (tertiary alicyclic amines) is 2. The molecule has 2 aliphatic carbocycles. The highest BCUT2D eigenvalue weighted by molar-refractivity contribution is 5.76. The second-order valence-electron chi connectivity index (χ2n) is 18.5. The van der Waals surface area contributed by atoms with Gasteiger partial charge < -0.3 is 42.1 Å². The van der Waals surface area contributed by atoms with Gasteiger partial charge in [0, 0.05) is 55.0 Å². The van der Waals surface area contributed by atoms with Crippen LogP contribution in [-0.2, 0) is 50.9 Å². The number of piperidine rings is 2. The number of amides is 1. The molecule has 352 valence electrons. The van der Waals surface area contributed by atoms with Crippen molar-refractivity contribution < 1.29 is 43.6 Å². The quantitative estimate of drug-likeness (QED) is 0.101. The van der Waals surface area contributed by atoms with Gasteiger partial charge in [-0.3, -0.25) is 24.2 Å². The zero-order chi connectivity index (χ0) is 46.5. The van der Waals surface area contributed by atoms with Gasteiger partial charge in [0.25, 0.3) is 5.97 Å². The van der Waals surface area contributed by atoms with Gasteiger partial charge in [0.1, 0.15) is 23.1 Å². The molecule has 2 saturated heterocycles. The molecule has 0 saturated carbocycles. The first-order chi connectivity index (χ1) is 30.3. The van der Waals surface area contributed by atoms with Gasteiger partial charge in [0.15, 0.2) is 0 Å². The summed E-state index contributed by atoms with van der Waals surface area (Å²) in [5.41, 5.74) is 12.0. The minimum absolute atomic E-state index is 0. The van der Waals surface area contributed by atoms with Crippen LogP contribution in [0.5, 0.6) is 11.5 Å². The standard InChI is InChI=1S/C24H30FN3O2.C24H29FN2O3.C2H4O2.H3N/c1-24-10-12-27(2)21(13-17-5-8-19(29)14-20(17)24)23(24)28(15-22(26)30)11-9-16-3-6-18(25)7-4-16;1-24-10-12-26(2)21(13-17-5-8-19(28)14-20(17)24)23(24)27(15-22(29)30)11-9-16-3-6-18(25)7-4-16;1-2(3)4;/h3-8,14,21,23,29H,9-13,15H2,1-2H3,(H2,26,30);3-8,14,21,23,28H,9-13,15H2,1-2H3,(H,29,30);1H3,(H,3,4);1H3/t2*21-,23+,24-;;/m11../s1. The van der Waals surface area contributed by atoms with Crippen molar-refractivity contribution in [2.75, 3.05) is 53.4 Å². The number of hydrogen-bond acceptors (Lipinski definition) is 10. The summed E-state index contributed by atoms with van der Waals surface area (Å²) < 4.78 is 26.5. The number of rotatable bonds is 12. The summed E-state index contributed by atoms with van der Waals surface area (Å²) in [6.07, 6.45) is 4.91. The number of benzene rings is 4. The van der Waals surface area contributed by atoms with Crippen LogP contribution < -0.4 is 11.9 Å². The van der Waals surface area contributed by atoms with Gasteiger partial charge in [-0.15, -0.1) is 0 Å². The zero-order valence-electron chi connectivity index (χ0n) is 38.2. The average Bonchev–Trinajstić information content (AvgIpc) is 3.23. The van der Waals surface area contributed by atoms with E-state index in [1.165, 1.54) is 41.0 Å². The number of nitrogens with two attached hydrogens (primary N) is 1. The maximum Gasteiger partial charge on any atom is 0.317 e. The summed E-state index contributed by atoms with van der Waals surface area (Å²) >= 11 is 0. The molecule has 0 aromatic heterocycles. The number of aliphatic carboxylic acids is 2. The number of phenolic OH excluding ortho intramolecular Hbond substituents is 2. The van der Waals surface area contributed by atoms with Crippen molar-refractivity contribution >= 4 is 17.8 Å². The number of fused-ring (bicyclic) bond motifs is 8. The van der Waals surface area contributed by atoms with Crippen LogP contribution in [0.25, 0.3) is 0 Å². The highest BCUT2D eigenvalue weighted by Crippen LogP contribution is 2.49. The second-order valence-corrected chi connectivity index (χ2v) is 18.5. The van der Waals surface area contributed by atoms with Crippen molar-refractivity contribution in [2.45, 2.75) is 94.3 Å². The molecule has 0 radical (unpaired) electrons. The van der Waals surface area contributed by atoms with Gasteiger partial charge in [0.05, 0.1) is 13.1 Å². The third-order valence-corrected chi connectivity index (χ3v) is 14.1. The van der Waals surface area contributed by atoms with Gasteiger partial charge in [-0.2, -0.15) is 0 Å². The molecule has 8 rings (SSSR count). The Morgan fingerprint density at radius 3 is 1.40 bits per heavy atom. The van der Waals surface area contributed by atoms with E-state index in [-0.39, 0.29) is 83.3 Å². The van der Waals surface area contributed by atoms with Crippen LogP contribution in [-0.4, -0.2) is 135 Å². The normalized spacial score (nSPS) is 24.3. The number of halogens is 2. The molecule has 13 nitrogen and oxygen atoms in total. The maximum atomic E-state index is 13.3.